The van der Waals surface area contributed by atoms with E-state index in [-0.39, 0.29) is 5.69 Å². The van der Waals surface area contributed by atoms with Gasteiger partial charge in [-0.25, -0.2) is 19.2 Å². The molecule has 2 aromatic rings. The molecule has 1 aromatic heterocycles. The molecule has 17 heavy (non-hydrogen) atoms. The highest BCUT2D eigenvalue weighted by Gasteiger charge is 2.18. The minimum absolute atomic E-state index is 0.0372. The van der Waals surface area contributed by atoms with Crippen LogP contribution in [-0.2, 0) is 0 Å². The Labute approximate surface area is 104 Å². The fraction of sp³-hybridized carbons (Fsp3) is 0. The Kier molecular flexibility index (Phi) is 3.14. The molecule has 0 atom stereocenters. The SMILES string of the molecule is O=C(O)c1ncnc(-c2ccccc2Br)c1F. The third-order valence-electron chi connectivity index (χ3n) is 2.12. The van der Waals surface area contributed by atoms with Crippen molar-refractivity contribution in [2.24, 2.45) is 0 Å². The number of hydrogen-bond acceptors (Lipinski definition) is 3. The average molecular weight is 297 g/mol. The summed E-state index contributed by atoms with van der Waals surface area (Å²) in [5, 5.41) is 8.76. The highest BCUT2D eigenvalue weighted by molar-refractivity contribution is 9.10. The topological polar surface area (TPSA) is 63.1 Å². The lowest BCUT2D eigenvalue weighted by molar-refractivity contribution is 0.0684. The van der Waals surface area contributed by atoms with Gasteiger partial charge < -0.3 is 5.11 Å². The molecule has 0 bridgehead atoms. The number of carboxylic acids is 1. The molecular weight excluding hydrogens is 291 g/mol. The molecule has 0 saturated heterocycles. The van der Waals surface area contributed by atoms with Crippen LogP contribution in [0.3, 0.4) is 0 Å². The van der Waals surface area contributed by atoms with E-state index in [1.807, 2.05) is 0 Å². The lowest BCUT2D eigenvalue weighted by atomic mass is 10.1. The van der Waals surface area contributed by atoms with Crippen LogP contribution in [0.25, 0.3) is 11.3 Å². The first-order valence-electron chi connectivity index (χ1n) is 4.60. The lowest BCUT2D eigenvalue weighted by Gasteiger charge is -2.05. The van der Waals surface area contributed by atoms with E-state index in [1.54, 1.807) is 24.3 Å². The maximum Gasteiger partial charge on any atom is 0.357 e. The van der Waals surface area contributed by atoms with Crippen LogP contribution in [0.15, 0.2) is 35.1 Å². The van der Waals surface area contributed by atoms with E-state index in [4.69, 9.17) is 5.11 Å². The third kappa shape index (κ3) is 2.16. The summed E-state index contributed by atoms with van der Waals surface area (Å²) in [6.45, 7) is 0. The van der Waals surface area contributed by atoms with Gasteiger partial charge in [-0.05, 0) is 6.07 Å². The van der Waals surface area contributed by atoms with Crippen molar-refractivity contribution in [1.29, 1.82) is 0 Å². The number of nitrogens with zero attached hydrogens (tertiary/aromatic N) is 2. The molecule has 4 nitrogen and oxygen atoms in total. The van der Waals surface area contributed by atoms with Crippen LogP contribution in [0.4, 0.5) is 4.39 Å². The second-order valence-corrected chi connectivity index (χ2v) is 4.02. The van der Waals surface area contributed by atoms with Crippen LogP contribution in [0.1, 0.15) is 10.5 Å². The van der Waals surface area contributed by atoms with Gasteiger partial charge in [0.05, 0.1) is 0 Å². The zero-order chi connectivity index (χ0) is 12.4. The predicted molar refractivity (Wildman–Crippen MR) is 62.1 cm³/mol. The summed E-state index contributed by atoms with van der Waals surface area (Å²) in [5.41, 5.74) is -0.189. The van der Waals surface area contributed by atoms with E-state index < -0.39 is 17.5 Å². The highest BCUT2D eigenvalue weighted by Crippen LogP contribution is 2.28. The number of rotatable bonds is 2. The van der Waals surface area contributed by atoms with Gasteiger partial charge in [0.1, 0.15) is 12.0 Å². The van der Waals surface area contributed by atoms with Gasteiger partial charge in [0, 0.05) is 10.0 Å². The molecule has 86 valence electrons. The summed E-state index contributed by atoms with van der Waals surface area (Å²) in [7, 11) is 0. The number of carbonyl (C=O) groups is 1. The molecule has 0 amide bonds. The zero-order valence-corrected chi connectivity index (χ0v) is 9.98. The van der Waals surface area contributed by atoms with E-state index in [2.05, 4.69) is 25.9 Å². The number of carboxylic acid groups (broad SMARTS) is 1. The van der Waals surface area contributed by atoms with Crippen LogP contribution >= 0.6 is 15.9 Å². The fourth-order valence-corrected chi connectivity index (χ4v) is 1.83. The van der Waals surface area contributed by atoms with E-state index >= 15 is 0 Å². The first kappa shape index (κ1) is 11.7. The van der Waals surface area contributed by atoms with Gasteiger partial charge in [-0.3, -0.25) is 0 Å². The van der Waals surface area contributed by atoms with Crippen molar-refractivity contribution in [2.45, 2.75) is 0 Å². The Morgan fingerprint density at radius 2 is 2.00 bits per heavy atom. The normalized spacial score (nSPS) is 10.2. The molecule has 0 aliphatic heterocycles. The second-order valence-electron chi connectivity index (χ2n) is 3.17. The van der Waals surface area contributed by atoms with Crippen LogP contribution < -0.4 is 0 Å². The standard InChI is InChI=1S/C11H6BrFN2O2/c12-7-4-2-1-3-6(7)9-8(13)10(11(16)17)15-5-14-9/h1-5H,(H,16,17). The second kappa shape index (κ2) is 4.58. The van der Waals surface area contributed by atoms with Crippen LogP contribution in [-0.4, -0.2) is 21.0 Å². The molecule has 0 aliphatic carbocycles. The van der Waals surface area contributed by atoms with E-state index in [0.29, 0.717) is 10.0 Å². The summed E-state index contributed by atoms with van der Waals surface area (Å²) in [5.74, 6) is -2.36. The zero-order valence-electron chi connectivity index (χ0n) is 8.39. The maximum absolute atomic E-state index is 13.9. The Morgan fingerprint density at radius 3 is 2.65 bits per heavy atom. The van der Waals surface area contributed by atoms with Crippen LogP contribution in [0.2, 0.25) is 0 Å². The summed E-state index contributed by atoms with van der Waals surface area (Å²) in [6, 6.07) is 6.84. The monoisotopic (exact) mass is 296 g/mol. The number of benzene rings is 1. The number of hydrogen-bond donors (Lipinski definition) is 1. The Morgan fingerprint density at radius 1 is 1.29 bits per heavy atom. The third-order valence-corrected chi connectivity index (χ3v) is 2.81. The van der Waals surface area contributed by atoms with E-state index in [0.717, 1.165) is 6.33 Å². The van der Waals surface area contributed by atoms with Crippen molar-refractivity contribution < 1.29 is 14.3 Å². The van der Waals surface area contributed by atoms with Gasteiger partial charge in [-0.1, -0.05) is 34.1 Å². The number of aromatic carboxylic acids is 1. The maximum atomic E-state index is 13.9. The smallest absolute Gasteiger partial charge is 0.357 e. The van der Waals surface area contributed by atoms with Crippen molar-refractivity contribution in [3.05, 3.63) is 46.6 Å². The molecule has 1 heterocycles. The summed E-state index contributed by atoms with van der Waals surface area (Å²) in [4.78, 5) is 17.9. The van der Waals surface area contributed by atoms with Crippen molar-refractivity contribution in [2.75, 3.05) is 0 Å². The molecular formula is C11H6BrFN2O2. The number of halogens is 2. The Hall–Kier alpha value is -1.82. The first-order chi connectivity index (χ1) is 8.11. The highest BCUT2D eigenvalue weighted by atomic mass is 79.9. The molecule has 2 rings (SSSR count). The largest absolute Gasteiger partial charge is 0.476 e. The van der Waals surface area contributed by atoms with E-state index in [1.165, 1.54) is 0 Å². The summed E-state index contributed by atoms with van der Waals surface area (Å²) in [6.07, 6.45) is 1.03. The van der Waals surface area contributed by atoms with Gasteiger partial charge in [0.2, 0.25) is 0 Å². The van der Waals surface area contributed by atoms with E-state index in [9.17, 15) is 9.18 Å². The molecule has 0 spiro atoms. The van der Waals surface area contributed by atoms with Crippen molar-refractivity contribution in [1.82, 2.24) is 9.97 Å². The lowest BCUT2D eigenvalue weighted by Crippen LogP contribution is -2.06. The molecule has 1 N–H and O–H groups in total. The molecule has 1 aromatic carbocycles. The molecule has 0 aliphatic rings. The summed E-state index contributed by atoms with van der Waals surface area (Å²) < 4.78 is 14.5. The molecule has 6 heteroatoms. The summed E-state index contributed by atoms with van der Waals surface area (Å²) >= 11 is 3.25. The first-order valence-corrected chi connectivity index (χ1v) is 5.39. The Bertz CT molecular complexity index is 589. The van der Waals surface area contributed by atoms with Gasteiger partial charge in [0.25, 0.3) is 0 Å². The molecule has 0 fully saturated rings. The minimum Gasteiger partial charge on any atom is -0.476 e. The van der Waals surface area contributed by atoms with Gasteiger partial charge >= 0.3 is 5.97 Å². The average Bonchev–Trinajstić information content (AvgIpc) is 2.30. The molecule has 0 radical (unpaired) electrons. The van der Waals surface area contributed by atoms with Crippen molar-refractivity contribution >= 4 is 21.9 Å². The molecule has 0 saturated carbocycles. The van der Waals surface area contributed by atoms with Gasteiger partial charge in [-0.15, -0.1) is 0 Å². The van der Waals surface area contributed by atoms with Crippen molar-refractivity contribution in [3.8, 4) is 11.3 Å². The fourth-order valence-electron chi connectivity index (χ4n) is 1.36. The predicted octanol–water partition coefficient (Wildman–Crippen LogP) is 2.74. The van der Waals surface area contributed by atoms with Crippen molar-refractivity contribution in [3.63, 3.8) is 0 Å². The Balaban J connectivity index is 2.65. The number of aromatic nitrogens is 2. The van der Waals surface area contributed by atoms with Gasteiger partial charge in [-0.2, -0.15) is 0 Å². The van der Waals surface area contributed by atoms with Crippen LogP contribution in [0, 0.1) is 5.82 Å². The molecule has 0 unspecified atom stereocenters. The van der Waals surface area contributed by atoms with Gasteiger partial charge in [0.15, 0.2) is 11.5 Å². The van der Waals surface area contributed by atoms with Crippen LogP contribution in [0.5, 0.6) is 0 Å². The quantitative estimate of drug-likeness (QED) is 0.925. The minimum atomic E-state index is -1.42.